The van der Waals surface area contributed by atoms with Crippen LogP contribution in [0.4, 0.5) is 4.79 Å². The standard InChI is InChI=1S/C17H25NO4S/c1-11-9-21-10-13(18(11)16(20)22-17(3,4)5)8-14(19)15-7-6-12(2)23-15/h6-7,11,13H,8-10H2,1-5H3. The number of rotatable bonds is 3. The smallest absolute Gasteiger partial charge is 0.410 e. The number of morpholine rings is 1. The largest absolute Gasteiger partial charge is 0.444 e. The van der Waals surface area contributed by atoms with Crippen molar-refractivity contribution in [3.05, 3.63) is 21.9 Å². The molecule has 128 valence electrons. The van der Waals surface area contributed by atoms with Gasteiger partial charge < -0.3 is 9.47 Å². The van der Waals surface area contributed by atoms with Crippen LogP contribution in [0.5, 0.6) is 0 Å². The highest BCUT2D eigenvalue weighted by molar-refractivity contribution is 7.14. The number of Topliss-reactive ketones (excluding diaryl/α,β-unsaturated/α-hetero) is 1. The highest BCUT2D eigenvalue weighted by Crippen LogP contribution is 2.24. The summed E-state index contributed by atoms with van der Waals surface area (Å²) in [7, 11) is 0. The van der Waals surface area contributed by atoms with E-state index < -0.39 is 5.60 Å². The van der Waals surface area contributed by atoms with E-state index in [2.05, 4.69) is 0 Å². The minimum Gasteiger partial charge on any atom is -0.444 e. The molecule has 0 aromatic carbocycles. The Labute approximate surface area is 141 Å². The second-order valence-corrected chi connectivity index (χ2v) is 8.25. The van der Waals surface area contributed by atoms with Gasteiger partial charge in [0.1, 0.15) is 5.60 Å². The molecule has 0 bridgehead atoms. The molecule has 0 N–H and O–H groups in total. The monoisotopic (exact) mass is 339 g/mol. The third-order valence-electron chi connectivity index (χ3n) is 3.58. The van der Waals surface area contributed by atoms with Gasteiger partial charge in [-0.1, -0.05) is 0 Å². The van der Waals surface area contributed by atoms with Crippen molar-refractivity contribution >= 4 is 23.2 Å². The maximum absolute atomic E-state index is 12.5. The van der Waals surface area contributed by atoms with Crippen molar-refractivity contribution in [2.45, 2.75) is 58.7 Å². The van der Waals surface area contributed by atoms with Crippen molar-refractivity contribution < 1.29 is 19.1 Å². The Hall–Kier alpha value is -1.40. The van der Waals surface area contributed by atoms with Gasteiger partial charge in [-0.25, -0.2) is 4.79 Å². The summed E-state index contributed by atoms with van der Waals surface area (Å²) in [4.78, 5) is 28.4. The molecule has 0 spiro atoms. The highest BCUT2D eigenvalue weighted by atomic mass is 32.1. The van der Waals surface area contributed by atoms with Crippen LogP contribution in [0, 0.1) is 6.92 Å². The molecule has 1 aliphatic rings. The molecule has 23 heavy (non-hydrogen) atoms. The second-order valence-electron chi connectivity index (χ2n) is 6.97. The highest BCUT2D eigenvalue weighted by Gasteiger charge is 2.36. The first-order chi connectivity index (χ1) is 10.7. The number of hydrogen-bond donors (Lipinski definition) is 0. The summed E-state index contributed by atoms with van der Waals surface area (Å²) in [5.41, 5.74) is -0.561. The molecule has 1 aromatic rings. The fourth-order valence-corrected chi connectivity index (χ4v) is 3.41. The van der Waals surface area contributed by atoms with Gasteiger partial charge in [0.25, 0.3) is 0 Å². The van der Waals surface area contributed by atoms with E-state index in [1.165, 1.54) is 11.3 Å². The van der Waals surface area contributed by atoms with E-state index in [1.54, 1.807) is 4.90 Å². The molecule has 6 heteroatoms. The van der Waals surface area contributed by atoms with E-state index in [-0.39, 0.29) is 30.4 Å². The summed E-state index contributed by atoms with van der Waals surface area (Å²) < 4.78 is 11.0. The fourth-order valence-electron chi connectivity index (χ4n) is 2.60. The zero-order chi connectivity index (χ0) is 17.2. The predicted octanol–water partition coefficient (Wildman–Crippen LogP) is 3.65. The lowest BCUT2D eigenvalue weighted by atomic mass is 10.1. The van der Waals surface area contributed by atoms with Gasteiger partial charge >= 0.3 is 6.09 Å². The molecule has 1 saturated heterocycles. The Balaban J connectivity index is 2.10. The van der Waals surface area contributed by atoms with Crippen molar-refractivity contribution in [3.8, 4) is 0 Å². The molecule has 1 aliphatic heterocycles. The van der Waals surface area contributed by atoms with Crippen LogP contribution in [0.15, 0.2) is 12.1 Å². The van der Waals surface area contributed by atoms with E-state index in [9.17, 15) is 9.59 Å². The Morgan fingerprint density at radius 3 is 2.61 bits per heavy atom. The van der Waals surface area contributed by atoms with Crippen molar-refractivity contribution in [1.82, 2.24) is 4.90 Å². The van der Waals surface area contributed by atoms with Gasteiger partial charge in [-0.2, -0.15) is 0 Å². The zero-order valence-electron chi connectivity index (χ0n) is 14.4. The summed E-state index contributed by atoms with van der Waals surface area (Å²) in [6.45, 7) is 10.2. The second kappa shape index (κ2) is 7.01. The number of carbonyl (C=O) groups is 2. The van der Waals surface area contributed by atoms with E-state index in [0.717, 1.165) is 9.75 Å². The van der Waals surface area contributed by atoms with Gasteiger partial charge in [0, 0.05) is 11.3 Å². The summed E-state index contributed by atoms with van der Waals surface area (Å²) in [6, 6.07) is 3.38. The number of ether oxygens (including phenoxy) is 2. The molecule has 1 aromatic heterocycles. The Bertz CT molecular complexity index is 575. The number of nitrogens with zero attached hydrogens (tertiary/aromatic N) is 1. The van der Waals surface area contributed by atoms with Crippen LogP contribution in [0.25, 0.3) is 0 Å². The van der Waals surface area contributed by atoms with Crippen molar-refractivity contribution in [1.29, 1.82) is 0 Å². The first kappa shape index (κ1) is 17.9. The Morgan fingerprint density at radius 2 is 2.04 bits per heavy atom. The predicted molar refractivity (Wildman–Crippen MR) is 90.1 cm³/mol. The number of amides is 1. The molecule has 2 unspecified atom stereocenters. The lowest BCUT2D eigenvalue weighted by Crippen LogP contribution is -2.55. The number of aryl methyl sites for hydroxylation is 1. The van der Waals surface area contributed by atoms with Gasteiger partial charge in [0.05, 0.1) is 30.2 Å². The number of carbonyl (C=O) groups excluding carboxylic acids is 2. The average molecular weight is 339 g/mol. The molecular weight excluding hydrogens is 314 g/mol. The number of thiophene rings is 1. The first-order valence-electron chi connectivity index (χ1n) is 7.86. The fraction of sp³-hybridized carbons (Fsp3) is 0.647. The lowest BCUT2D eigenvalue weighted by molar-refractivity contribution is -0.0558. The summed E-state index contributed by atoms with van der Waals surface area (Å²) in [5.74, 6) is 0.0411. The Kier molecular flexibility index (Phi) is 5.47. The molecule has 2 heterocycles. The van der Waals surface area contributed by atoms with Crippen LogP contribution in [-0.2, 0) is 9.47 Å². The molecule has 2 rings (SSSR count). The van der Waals surface area contributed by atoms with Gasteiger partial charge in [-0.3, -0.25) is 9.69 Å². The first-order valence-corrected chi connectivity index (χ1v) is 8.67. The summed E-state index contributed by atoms with van der Waals surface area (Å²) in [6.07, 6.45) is -0.128. The van der Waals surface area contributed by atoms with Gasteiger partial charge in [-0.15, -0.1) is 11.3 Å². The molecule has 0 saturated carbocycles. The molecule has 1 amide bonds. The van der Waals surface area contributed by atoms with Gasteiger partial charge in [0.2, 0.25) is 0 Å². The molecule has 0 aliphatic carbocycles. The molecule has 5 nitrogen and oxygen atoms in total. The molecule has 0 radical (unpaired) electrons. The maximum Gasteiger partial charge on any atom is 0.410 e. The third-order valence-corrected chi connectivity index (χ3v) is 4.62. The molecule has 2 atom stereocenters. The van der Waals surface area contributed by atoms with Crippen molar-refractivity contribution in [3.63, 3.8) is 0 Å². The Morgan fingerprint density at radius 1 is 1.35 bits per heavy atom. The minimum atomic E-state index is -0.561. The van der Waals surface area contributed by atoms with Crippen LogP contribution < -0.4 is 0 Å². The quantitative estimate of drug-likeness (QED) is 0.789. The van der Waals surface area contributed by atoms with E-state index in [1.807, 2.05) is 46.8 Å². The van der Waals surface area contributed by atoms with Crippen LogP contribution in [0.3, 0.4) is 0 Å². The number of ketones is 1. The maximum atomic E-state index is 12.5. The average Bonchev–Trinajstić information content (AvgIpc) is 2.83. The van der Waals surface area contributed by atoms with E-state index in [0.29, 0.717) is 13.2 Å². The molecular formula is C17H25NO4S. The van der Waals surface area contributed by atoms with Crippen LogP contribution in [0.2, 0.25) is 0 Å². The zero-order valence-corrected chi connectivity index (χ0v) is 15.2. The number of hydrogen-bond acceptors (Lipinski definition) is 5. The van der Waals surface area contributed by atoms with Gasteiger partial charge in [0.15, 0.2) is 5.78 Å². The summed E-state index contributed by atoms with van der Waals surface area (Å²) >= 11 is 1.48. The summed E-state index contributed by atoms with van der Waals surface area (Å²) in [5, 5.41) is 0. The minimum absolute atomic E-state index is 0.0411. The topological polar surface area (TPSA) is 55.8 Å². The van der Waals surface area contributed by atoms with Crippen LogP contribution in [-0.4, -0.2) is 47.7 Å². The van der Waals surface area contributed by atoms with Crippen molar-refractivity contribution in [2.75, 3.05) is 13.2 Å². The third kappa shape index (κ3) is 4.78. The van der Waals surface area contributed by atoms with Crippen LogP contribution in [0.1, 0.15) is 48.7 Å². The van der Waals surface area contributed by atoms with E-state index in [4.69, 9.17) is 9.47 Å². The lowest BCUT2D eigenvalue weighted by Gasteiger charge is -2.40. The van der Waals surface area contributed by atoms with Crippen molar-refractivity contribution in [2.24, 2.45) is 0 Å². The normalized spacial score (nSPS) is 22.0. The van der Waals surface area contributed by atoms with E-state index >= 15 is 0 Å². The molecule has 1 fully saturated rings. The SMILES string of the molecule is Cc1ccc(C(=O)CC2COCC(C)N2C(=O)OC(C)(C)C)s1. The van der Waals surface area contributed by atoms with Gasteiger partial charge in [-0.05, 0) is 46.8 Å². The van der Waals surface area contributed by atoms with Crippen LogP contribution >= 0.6 is 11.3 Å².